The van der Waals surface area contributed by atoms with E-state index in [9.17, 15) is 4.79 Å². The molecule has 2 aliphatic heterocycles. The molecule has 1 aromatic heterocycles. The van der Waals surface area contributed by atoms with E-state index in [2.05, 4.69) is 20.5 Å². The molecule has 2 fully saturated rings. The van der Waals surface area contributed by atoms with E-state index in [1.807, 2.05) is 12.1 Å². The van der Waals surface area contributed by atoms with Gasteiger partial charge in [0.15, 0.2) is 0 Å². The van der Waals surface area contributed by atoms with Crippen LogP contribution in [0.15, 0.2) is 24.5 Å². The van der Waals surface area contributed by atoms with Crippen molar-refractivity contribution in [3.05, 3.63) is 24.5 Å². The van der Waals surface area contributed by atoms with Gasteiger partial charge in [0.2, 0.25) is 0 Å². The van der Waals surface area contributed by atoms with Crippen molar-refractivity contribution >= 4 is 11.7 Å². The minimum Gasteiger partial charge on any atom is -0.334 e. The van der Waals surface area contributed by atoms with Crippen molar-refractivity contribution < 1.29 is 4.79 Å². The Morgan fingerprint density at radius 1 is 1.32 bits per heavy atom. The molecule has 0 bridgehead atoms. The molecule has 102 valence electrons. The number of anilines is 1. The van der Waals surface area contributed by atoms with E-state index < -0.39 is 0 Å². The van der Waals surface area contributed by atoms with Crippen molar-refractivity contribution in [3.63, 3.8) is 0 Å². The van der Waals surface area contributed by atoms with Crippen molar-refractivity contribution in [1.29, 1.82) is 0 Å². The zero-order valence-electron chi connectivity index (χ0n) is 11.0. The molecule has 3 heterocycles. The van der Waals surface area contributed by atoms with Gasteiger partial charge in [-0.25, -0.2) is 4.79 Å². The van der Waals surface area contributed by atoms with Gasteiger partial charge in [-0.3, -0.25) is 9.88 Å². The van der Waals surface area contributed by atoms with E-state index in [1.165, 1.54) is 25.8 Å². The summed E-state index contributed by atoms with van der Waals surface area (Å²) in [6.45, 7) is 2.30. The predicted molar refractivity (Wildman–Crippen MR) is 74.0 cm³/mol. The van der Waals surface area contributed by atoms with Crippen LogP contribution in [0.5, 0.6) is 0 Å². The molecule has 5 heteroatoms. The van der Waals surface area contributed by atoms with E-state index in [0.29, 0.717) is 6.04 Å². The summed E-state index contributed by atoms with van der Waals surface area (Å²) in [6.07, 6.45) is 8.19. The number of aromatic nitrogens is 1. The lowest BCUT2D eigenvalue weighted by Crippen LogP contribution is -2.47. The minimum atomic E-state index is -0.120. The monoisotopic (exact) mass is 260 g/mol. The lowest BCUT2D eigenvalue weighted by molar-refractivity contribution is 0.180. The van der Waals surface area contributed by atoms with Gasteiger partial charge in [-0.1, -0.05) is 6.42 Å². The van der Waals surface area contributed by atoms with Crippen LogP contribution in [0.25, 0.3) is 0 Å². The van der Waals surface area contributed by atoms with Crippen molar-refractivity contribution in [2.45, 2.75) is 37.8 Å². The molecule has 2 amide bonds. The van der Waals surface area contributed by atoms with E-state index in [4.69, 9.17) is 0 Å². The third kappa shape index (κ3) is 2.87. The second kappa shape index (κ2) is 5.57. The second-order valence-electron chi connectivity index (χ2n) is 5.33. The van der Waals surface area contributed by atoms with Crippen LogP contribution in [-0.4, -0.2) is 41.1 Å². The number of hydrogen-bond acceptors (Lipinski definition) is 3. The van der Waals surface area contributed by atoms with Crippen molar-refractivity contribution in [2.24, 2.45) is 0 Å². The van der Waals surface area contributed by atoms with Crippen molar-refractivity contribution in [1.82, 2.24) is 15.2 Å². The number of hydrogen-bond donors (Lipinski definition) is 2. The van der Waals surface area contributed by atoms with Crippen molar-refractivity contribution in [3.8, 4) is 0 Å². The first kappa shape index (κ1) is 12.4. The SMILES string of the molecule is O=C(Nc1cccnc1)N[C@@H]1CCN2CCCC[C@@H]12. The Kier molecular flexibility index (Phi) is 3.64. The lowest BCUT2D eigenvalue weighted by Gasteiger charge is -2.32. The first-order chi connectivity index (χ1) is 9.33. The zero-order chi connectivity index (χ0) is 13.1. The number of carbonyl (C=O) groups is 1. The Labute approximate surface area is 113 Å². The van der Waals surface area contributed by atoms with Crippen LogP contribution in [-0.2, 0) is 0 Å². The average molecular weight is 260 g/mol. The van der Waals surface area contributed by atoms with Gasteiger partial charge in [0.1, 0.15) is 0 Å². The van der Waals surface area contributed by atoms with E-state index in [-0.39, 0.29) is 12.1 Å². The number of nitrogens with one attached hydrogen (secondary N) is 2. The van der Waals surface area contributed by atoms with Crippen LogP contribution in [0.2, 0.25) is 0 Å². The van der Waals surface area contributed by atoms with Crippen LogP contribution in [0.1, 0.15) is 25.7 Å². The summed E-state index contributed by atoms with van der Waals surface area (Å²) in [6, 6.07) is 4.36. The van der Waals surface area contributed by atoms with Gasteiger partial charge in [-0.2, -0.15) is 0 Å². The zero-order valence-corrected chi connectivity index (χ0v) is 11.0. The Bertz CT molecular complexity index is 436. The van der Waals surface area contributed by atoms with Crippen LogP contribution >= 0.6 is 0 Å². The van der Waals surface area contributed by atoms with Crippen LogP contribution in [0.3, 0.4) is 0 Å². The molecular formula is C14H20N4O. The summed E-state index contributed by atoms with van der Waals surface area (Å²) in [4.78, 5) is 18.5. The molecule has 2 atom stereocenters. The molecule has 1 aromatic rings. The van der Waals surface area contributed by atoms with Gasteiger partial charge >= 0.3 is 6.03 Å². The second-order valence-corrected chi connectivity index (χ2v) is 5.33. The number of nitrogens with zero attached hydrogens (tertiary/aromatic N) is 2. The molecule has 0 radical (unpaired) electrons. The summed E-state index contributed by atoms with van der Waals surface area (Å²) in [5, 5.41) is 5.94. The average Bonchev–Trinajstić information content (AvgIpc) is 2.83. The standard InChI is InChI=1S/C14H20N4O/c19-14(16-11-4-3-7-15-10-11)17-12-6-9-18-8-2-1-5-13(12)18/h3-4,7,10,12-13H,1-2,5-6,8-9H2,(H2,16,17,19)/t12-,13+/m1/s1. The Hall–Kier alpha value is -1.62. The summed E-state index contributed by atoms with van der Waals surface area (Å²) in [5.41, 5.74) is 0.735. The fourth-order valence-electron chi connectivity index (χ4n) is 3.19. The number of fused-ring (bicyclic) bond motifs is 1. The fraction of sp³-hybridized carbons (Fsp3) is 0.571. The molecule has 2 saturated heterocycles. The van der Waals surface area contributed by atoms with Crippen LogP contribution in [0, 0.1) is 0 Å². The largest absolute Gasteiger partial charge is 0.334 e. The number of urea groups is 1. The maximum Gasteiger partial charge on any atom is 0.319 e. The molecule has 2 N–H and O–H groups in total. The summed E-state index contributed by atoms with van der Waals surface area (Å²) in [5.74, 6) is 0. The molecule has 19 heavy (non-hydrogen) atoms. The normalized spacial score (nSPS) is 26.7. The highest BCUT2D eigenvalue weighted by molar-refractivity contribution is 5.89. The Morgan fingerprint density at radius 3 is 3.11 bits per heavy atom. The highest BCUT2D eigenvalue weighted by Gasteiger charge is 2.36. The summed E-state index contributed by atoms with van der Waals surface area (Å²) in [7, 11) is 0. The number of amides is 2. The number of carbonyl (C=O) groups excluding carboxylic acids is 1. The number of rotatable bonds is 2. The first-order valence-corrected chi connectivity index (χ1v) is 7.04. The van der Waals surface area contributed by atoms with Crippen molar-refractivity contribution in [2.75, 3.05) is 18.4 Å². The molecular weight excluding hydrogens is 240 g/mol. The topological polar surface area (TPSA) is 57.3 Å². The van der Waals surface area contributed by atoms with E-state index in [0.717, 1.165) is 18.7 Å². The molecule has 2 aliphatic rings. The molecule has 3 rings (SSSR count). The molecule has 0 spiro atoms. The first-order valence-electron chi connectivity index (χ1n) is 7.04. The maximum atomic E-state index is 12.0. The molecule has 0 aromatic carbocycles. The van der Waals surface area contributed by atoms with E-state index in [1.54, 1.807) is 12.4 Å². The van der Waals surface area contributed by atoms with Crippen LogP contribution < -0.4 is 10.6 Å². The van der Waals surface area contributed by atoms with Gasteiger partial charge < -0.3 is 10.6 Å². The molecule has 5 nitrogen and oxygen atoms in total. The Morgan fingerprint density at radius 2 is 2.26 bits per heavy atom. The third-order valence-electron chi connectivity index (χ3n) is 4.09. The van der Waals surface area contributed by atoms with Gasteiger partial charge in [0, 0.05) is 24.8 Å². The summed E-state index contributed by atoms with van der Waals surface area (Å²) >= 11 is 0. The smallest absolute Gasteiger partial charge is 0.319 e. The maximum absolute atomic E-state index is 12.0. The number of piperidine rings is 1. The van der Waals surface area contributed by atoms with E-state index >= 15 is 0 Å². The van der Waals surface area contributed by atoms with Gasteiger partial charge in [0.25, 0.3) is 0 Å². The fourth-order valence-corrected chi connectivity index (χ4v) is 3.19. The summed E-state index contributed by atoms with van der Waals surface area (Å²) < 4.78 is 0. The highest BCUT2D eigenvalue weighted by Crippen LogP contribution is 2.27. The molecule has 0 saturated carbocycles. The predicted octanol–water partition coefficient (Wildman–Crippen LogP) is 1.83. The van der Waals surface area contributed by atoms with Crippen LogP contribution in [0.4, 0.5) is 10.5 Å². The quantitative estimate of drug-likeness (QED) is 0.853. The van der Waals surface area contributed by atoms with Gasteiger partial charge in [-0.05, 0) is 37.9 Å². The van der Waals surface area contributed by atoms with Gasteiger partial charge in [0.05, 0.1) is 11.9 Å². The Balaban J connectivity index is 1.55. The number of pyridine rings is 1. The lowest BCUT2D eigenvalue weighted by atomic mass is 9.99. The minimum absolute atomic E-state index is 0.120. The molecule has 0 unspecified atom stereocenters. The highest BCUT2D eigenvalue weighted by atomic mass is 16.2. The molecule has 0 aliphatic carbocycles. The van der Waals surface area contributed by atoms with Gasteiger partial charge in [-0.15, -0.1) is 0 Å². The third-order valence-corrected chi connectivity index (χ3v) is 4.09.